The molecule has 2 aliphatic rings. The minimum absolute atomic E-state index is 0.179. The lowest BCUT2D eigenvalue weighted by molar-refractivity contribution is 0.0702. The normalized spacial score (nSPS) is 18.5. The molecule has 1 aromatic heterocycles. The Morgan fingerprint density at radius 1 is 1.04 bits per heavy atom. The molecule has 1 fully saturated rings. The number of furan rings is 1. The fourth-order valence-corrected chi connectivity index (χ4v) is 4.82. The summed E-state index contributed by atoms with van der Waals surface area (Å²) in [7, 11) is -3.55. The molecule has 2 aliphatic heterocycles. The number of hydrogen-bond donors (Lipinski definition) is 0. The number of fused-ring (bicyclic) bond motifs is 1. The van der Waals surface area contributed by atoms with E-state index in [4.69, 9.17) is 9.15 Å². The molecule has 0 aliphatic carbocycles. The number of nitrogens with zero attached hydrogens (tertiary/aromatic N) is 2. The lowest BCUT2D eigenvalue weighted by Crippen LogP contribution is -2.41. The van der Waals surface area contributed by atoms with E-state index in [-0.39, 0.29) is 10.8 Å². The Bertz CT molecular complexity index is 902. The minimum atomic E-state index is -3.55. The summed E-state index contributed by atoms with van der Waals surface area (Å²) in [5.74, 6) is 0.118. The number of morpholine rings is 1. The van der Waals surface area contributed by atoms with Gasteiger partial charge in [0, 0.05) is 26.2 Å². The van der Waals surface area contributed by atoms with Gasteiger partial charge in [0.2, 0.25) is 10.0 Å². The summed E-state index contributed by atoms with van der Waals surface area (Å²) in [6.45, 7) is 2.51. The number of amides is 1. The highest BCUT2D eigenvalue weighted by atomic mass is 32.2. The lowest BCUT2D eigenvalue weighted by atomic mass is 10.00. The van der Waals surface area contributed by atoms with Gasteiger partial charge in [-0.1, -0.05) is 6.07 Å². The van der Waals surface area contributed by atoms with Gasteiger partial charge in [0.1, 0.15) is 0 Å². The number of rotatable bonds is 3. The Morgan fingerprint density at radius 3 is 2.58 bits per heavy atom. The van der Waals surface area contributed by atoms with Crippen LogP contribution in [-0.2, 0) is 27.7 Å². The van der Waals surface area contributed by atoms with Gasteiger partial charge in [-0.05, 0) is 41.8 Å². The second-order valence-corrected chi connectivity index (χ2v) is 8.34. The second kappa shape index (κ2) is 6.86. The molecular formula is C18H20N2O5S. The smallest absolute Gasteiger partial charge is 0.289 e. The van der Waals surface area contributed by atoms with E-state index in [2.05, 4.69) is 0 Å². The second-order valence-electron chi connectivity index (χ2n) is 6.40. The van der Waals surface area contributed by atoms with Crippen molar-refractivity contribution in [2.75, 3.05) is 32.8 Å². The molecule has 0 radical (unpaired) electrons. The van der Waals surface area contributed by atoms with Crippen LogP contribution in [0.3, 0.4) is 0 Å². The number of carbonyl (C=O) groups is 1. The highest BCUT2D eigenvalue weighted by molar-refractivity contribution is 7.89. The van der Waals surface area contributed by atoms with Crippen molar-refractivity contribution in [3.8, 4) is 0 Å². The number of sulfonamides is 1. The van der Waals surface area contributed by atoms with Crippen LogP contribution in [0.1, 0.15) is 21.7 Å². The predicted octanol–water partition coefficient (Wildman–Crippen LogP) is 1.50. The third-order valence-corrected chi connectivity index (χ3v) is 6.71. The maximum atomic E-state index is 12.9. The summed E-state index contributed by atoms with van der Waals surface area (Å²) in [5.41, 5.74) is 1.94. The van der Waals surface area contributed by atoms with Crippen molar-refractivity contribution >= 4 is 15.9 Å². The molecule has 2 aromatic rings. The molecule has 0 spiro atoms. The summed E-state index contributed by atoms with van der Waals surface area (Å²) in [6.07, 6.45) is 2.16. The standard InChI is InChI=1S/C18H20N2O5S/c21-18(17-2-1-9-25-17)19-6-5-14-3-4-16(12-15(14)13-19)26(22,23)20-7-10-24-11-8-20/h1-4,9,12H,5-8,10-11,13H2. The molecule has 0 bridgehead atoms. The fraction of sp³-hybridized carbons (Fsp3) is 0.389. The maximum Gasteiger partial charge on any atom is 0.289 e. The molecule has 0 N–H and O–H groups in total. The van der Waals surface area contributed by atoms with Crippen molar-refractivity contribution in [3.05, 3.63) is 53.5 Å². The maximum absolute atomic E-state index is 12.9. The SMILES string of the molecule is O=C(c1ccco1)N1CCc2ccc(S(=O)(=O)N3CCOCC3)cc2C1. The first kappa shape index (κ1) is 17.3. The number of benzene rings is 1. The monoisotopic (exact) mass is 376 g/mol. The highest BCUT2D eigenvalue weighted by Gasteiger charge is 2.29. The number of hydrogen-bond acceptors (Lipinski definition) is 5. The van der Waals surface area contributed by atoms with E-state index in [1.807, 2.05) is 6.07 Å². The molecule has 1 amide bonds. The van der Waals surface area contributed by atoms with Crippen molar-refractivity contribution in [1.82, 2.24) is 9.21 Å². The molecule has 4 rings (SSSR count). The first-order chi connectivity index (χ1) is 12.6. The Hall–Kier alpha value is -2.16. The van der Waals surface area contributed by atoms with Gasteiger partial charge in [0.25, 0.3) is 5.91 Å². The molecule has 26 heavy (non-hydrogen) atoms. The number of ether oxygens (including phenoxy) is 1. The molecule has 7 nitrogen and oxygen atoms in total. The van der Waals surface area contributed by atoms with Crippen LogP contribution in [0.2, 0.25) is 0 Å². The lowest BCUT2D eigenvalue weighted by Gasteiger charge is -2.30. The average molecular weight is 376 g/mol. The van der Waals surface area contributed by atoms with Gasteiger partial charge in [0.05, 0.1) is 24.4 Å². The van der Waals surface area contributed by atoms with Crippen LogP contribution >= 0.6 is 0 Å². The van der Waals surface area contributed by atoms with Crippen molar-refractivity contribution in [2.24, 2.45) is 0 Å². The van der Waals surface area contributed by atoms with E-state index in [0.717, 1.165) is 11.1 Å². The van der Waals surface area contributed by atoms with Gasteiger partial charge in [-0.2, -0.15) is 4.31 Å². The van der Waals surface area contributed by atoms with Crippen LogP contribution in [0, 0.1) is 0 Å². The summed E-state index contributed by atoms with van der Waals surface area (Å²) >= 11 is 0. The minimum Gasteiger partial charge on any atom is -0.459 e. The molecular weight excluding hydrogens is 356 g/mol. The molecule has 138 valence electrons. The summed E-state index contributed by atoms with van der Waals surface area (Å²) in [4.78, 5) is 14.4. The third-order valence-electron chi connectivity index (χ3n) is 4.82. The zero-order valence-electron chi connectivity index (χ0n) is 14.3. The Labute approximate surface area is 152 Å². The van der Waals surface area contributed by atoms with Gasteiger partial charge in [-0.25, -0.2) is 8.42 Å². The van der Waals surface area contributed by atoms with Crippen molar-refractivity contribution in [2.45, 2.75) is 17.9 Å². The fourth-order valence-electron chi connectivity index (χ4n) is 3.36. The van der Waals surface area contributed by atoms with Gasteiger partial charge in [-0.15, -0.1) is 0 Å². The summed E-state index contributed by atoms with van der Waals surface area (Å²) in [6, 6.07) is 8.53. The van der Waals surface area contributed by atoms with Crippen LogP contribution < -0.4 is 0 Å². The van der Waals surface area contributed by atoms with E-state index >= 15 is 0 Å². The van der Waals surface area contributed by atoms with Crippen LogP contribution in [-0.4, -0.2) is 56.4 Å². The topological polar surface area (TPSA) is 80.1 Å². The van der Waals surface area contributed by atoms with Crippen LogP contribution in [0.25, 0.3) is 0 Å². The van der Waals surface area contributed by atoms with Gasteiger partial charge in [0.15, 0.2) is 5.76 Å². The zero-order chi connectivity index (χ0) is 18.1. The van der Waals surface area contributed by atoms with E-state index in [0.29, 0.717) is 51.6 Å². The van der Waals surface area contributed by atoms with Crippen molar-refractivity contribution in [3.63, 3.8) is 0 Å². The Balaban J connectivity index is 1.59. The summed E-state index contributed by atoms with van der Waals surface area (Å²) < 4.78 is 37.6. The van der Waals surface area contributed by atoms with Crippen LogP contribution in [0.5, 0.6) is 0 Å². The zero-order valence-corrected chi connectivity index (χ0v) is 15.1. The third kappa shape index (κ3) is 3.15. The molecule has 0 atom stereocenters. The van der Waals surface area contributed by atoms with Crippen LogP contribution in [0.15, 0.2) is 45.9 Å². The predicted molar refractivity (Wildman–Crippen MR) is 93.2 cm³/mol. The quantitative estimate of drug-likeness (QED) is 0.811. The van der Waals surface area contributed by atoms with E-state index in [9.17, 15) is 13.2 Å². The van der Waals surface area contributed by atoms with Crippen molar-refractivity contribution in [1.29, 1.82) is 0 Å². The Kier molecular flexibility index (Phi) is 4.56. The van der Waals surface area contributed by atoms with Gasteiger partial charge < -0.3 is 14.1 Å². The summed E-state index contributed by atoms with van der Waals surface area (Å²) in [5, 5.41) is 0. The van der Waals surface area contributed by atoms with E-state index in [1.54, 1.807) is 29.2 Å². The molecule has 1 aromatic carbocycles. The largest absolute Gasteiger partial charge is 0.459 e. The molecule has 0 saturated carbocycles. The first-order valence-electron chi connectivity index (χ1n) is 8.58. The molecule has 8 heteroatoms. The van der Waals surface area contributed by atoms with Gasteiger partial charge in [-0.3, -0.25) is 4.79 Å². The van der Waals surface area contributed by atoms with Crippen molar-refractivity contribution < 1.29 is 22.4 Å². The molecule has 3 heterocycles. The van der Waals surface area contributed by atoms with Crippen LogP contribution in [0.4, 0.5) is 0 Å². The first-order valence-corrected chi connectivity index (χ1v) is 10.0. The van der Waals surface area contributed by atoms with E-state index in [1.165, 1.54) is 10.6 Å². The molecule has 1 saturated heterocycles. The Morgan fingerprint density at radius 2 is 1.85 bits per heavy atom. The van der Waals surface area contributed by atoms with E-state index < -0.39 is 10.0 Å². The molecule has 0 unspecified atom stereocenters. The average Bonchev–Trinajstić information content (AvgIpc) is 3.22. The number of carbonyl (C=O) groups excluding carboxylic acids is 1. The highest BCUT2D eigenvalue weighted by Crippen LogP contribution is 2.25. The van der Waals surface area contributed by atoms with Gasteiger partial charge >= 0.3 is 0 Å².